The minimum absolute atomic E-state index is 0.00960. The molecular weight excluding hydrogens is 423 g/mol. The standard InChI is InChI=1S/C22H18BrO3P/c23-17-11-12-21-20(13-17)22(24)16(14-26-21)15-27(25,18-7-3-1-4-8-18)19-9-5-2-6-10-19/h1-13,16H,14-15H2/t16-/m0/s1. The molecule has 1 atom stereocenters. The fraction of sp³-hybridized carbons (Fsp3) is 0.136. The molecule has 0 N–H and O–H groups in total. The van der Waals surface area contributed by atoms with Crippen molar-refractivity contribution in [3.8, 4) is 5.75 Å². The van der Waals surface area contributed by atoms with Gasteiger partial charge in [-0.2, -0.15) is 0 Å². The van der Waals surface area contributed by atoms with Crippen LogP contribution < -0.4 is 15.3 Å². The van der Waals surface area contributed by atoms with Crippen LogP contribution in [0.25, 0.3) is 0 Å². The van der Waals surface area contributed by atoms with E-state index in [0.29, 0.717) is 11.3 Å². The average Bonchev–Trinajstić information content (AvgIpc) is 2.72. The summed E-state index contributed by atoms with van der Waals surface area (Å²) in [5.74, 6) is 0.136. The molecule has 136 valence electrons. The Balaban J connectivity index is 1.73. The second kappa shape index (κ2) is 7.46. The number of halogens is 1. The molecule has 0 radical (unpaired) electrons. The zero-order valence-corrected chi connectivity index (χ0v) is 17.0. The summed E-state index contributed by atoms with van der Waals surface area (Å²) in [5, 5.41) is 1.54. The highest BCUT2D eigenvalue weighted by Crippen LogP contribution is 2.46. The number of ketones is 1. The monoisotopic (exact) mass is 440 g/mol. The maximum absolute atomic E-state index is 14.2. The van der Waals surface area contributed by atoms with Crippen LogP contribution in [0, 0.1) is 5.92 Å². The van der Waals surface area contributed by atoms with Crippen LogP contribution in [0.1, 0.15) is 10.4 Å². The van der Waals surface area contributed by atoms with Gasteiger partial charge in [-0.1, -0.05) is 76.6 Å². The molecule has 0 unspecified atom stereocenters. The van der Waals surface area contributed by atoms with Crippen LogP contribution in [0.2, 0.25) is 0 Å². The van der Waals surface area contributed by atoms with E-state index in [1.165, 1.54) is 0 Å². The highest BCUT2D eigenvalue weighted by atomic mass is 79.9. The van der Waals surface area contributed by atoms with Crippen molar-refractivity contribution in [2.24, 2.45) is 5.92 Å². The maximum atomic E-state index is 14.2. The molecule has 1 aliphatic rings. The number of carbonyl (C=O) groups excluding carboxylic acids is 1. The Morgan fingerprint density at radius 2 is 1.52 bits per heavy atom. The lowest BCUT2D eigenvalue weighted by Crippen LogP contribution is -2.33. The highest BCUT2D eigenvalue weighted by Gasteiger charge is 2.37. The van der Waals surface area contributed by atoms with Crippen LogP contribution in [0.4, 0.5) is 0 Å². The summed E-state index contributed by atoms with van der Waals surface area (Å²) in [6, 6.07) is 24.3. The van der Waals surface area contributed by atoms with E-state index < -0.39 is 13.1 Å². The molecule has 0 bridgehead atoms. The average molecular weight is 441 g/mol. The lowest BCUT2D eigenvalue weighted by atomic mass is 9.97. The van der Waals surface area contributed by atoms with E-state index in [1.807, 2.05) is 66.7 Å². The molecule has 0 aliphatic carbocycles. The van der Waals surface area contributed by atoms with Gasteiger partial charge in [0, 0.05) is 21.2 Å². The summed E-state index contributed by atoms with van der Waals surface area (Å²) >= 11 is 3.41. The van der Waals surface area contributed by atoms with Gasteiger partial charge in [-0.05, 0) is 18.2 Å². The summed E-state index contributed by atoms with van der Waals surface area (Å²) in [6.45, 7) is 0.247. The minimum atomic E-state index is -2.97. The summed E-state index contributed by atoms with van der Waals surface area (Å²) in [7, 11) is -2.97. The minimum Gasteiger partial charge on any atom is -0.492 e. The zero-order valence-electron chi connectivity index (χ0n) is 14.5. The van der Waals surface area contributed by atoms with Crippen molar-refractivity contribution in [2.45, 2.75) is 0 Å². The maximum Gasteiger partial charge on any atom is 0.173 e. The first-order valence-corrected chi connectivity index (χ1v) is 11.4. The van der Waals surface area contributed by atoms with Crippen molar-refractivity contribution in [2.75, 3.05) is 12.8 Å². The molecule has 5 heteroatoms. The van der Waals surface area contributed by atoms with Crippen molar-refractivity contribution < 1.29 is 14.1 Å². The third kappa shape index (κ3) is 3.52. The Morgan fingerprint density at radius 1 is 0.926 bits per heavy atom. The predicted octanol–water partition coefficient (Wildman–Crippen LogP) is 4.65. The number of Topliss-reactive ketones (excluding diaryl/α,β-unsaturated/α-hetero) is 1. The van der Waals surface area contributed by atoms with Crippen molar-refractivity contribution in [1.29, 1.82) is 0 Å². The molecule has 0 saturated carbocycles. The number of carbonyl (C=O) groups is 1. The molecule has 0 amide bonds. The summed E-state index contributed by atoms with van der Waals surface area (Å²) in [4.78, 5) is 13.1. The first kappa shape index (κ1) is 18.2. The van der Waals surface area contributed by atoms with E-state index in [2.05, 4.69) is 15.9 Å². The lowest BCUT2D eigenvalue weighted by Gasteiger charge is -2.28. The van der Waals surface area contributed by atoms with E-state index >= 15 is 0 Å². The van der Waals surface area contributed by atoms with Gasteiger partial charge in [0.1, 0.15) is 12.9 Å². The lowest BCUT2D eigenvalue weighted by molar-refractivity contribution is 0.0851. The Labute approximate surface area is 166 Å². The molecule has 27 heavy (non-hydrogen) atoms. The zero-order chi connectivity index (χ0) is 18.9. The van der Waals surface area contributed by atoms with Crippen LogP contribution in [0.15, 0.2) is 83.3 Å². The van der Waals surface area contributed by atoms with Crippen LogP contribution in [0.5, 0.6) is 5.75 Å². The molecule has 3 aromatic carbocycles. The Kier molecular flexibility index (Phi) is 5.03. The number of rotatable bonds is 4. The highest BCUT2D eigenvalue weighted by molar-refractivity contribution is 9.10. The summed E-state index contributed by atoms with van der Waals surface area (Å²) < 4.78 is 20.8. The molecular formula is C22H18BrO3P. The van der Waals surface area contributed by atoms with E-state index in [1.54, 1.807) is 12.1 Å². The normalized spacial score (nSPS) is 16.5. The van der Waals surface area contributed by atoms with Crippen LogP contribution in [0.3, 0.4) is 0 Å². The third-order valence-electron chi connectivity index (χ3n) is 4.84. The van der Waals surface area contributed by atoms with Crippen molar-refractivity contribution in [3.05, 3.63) is 88.9 Å². The third-order valence-corrected chi connectivity index (χ3v) is 8.55. The molecule has 3 aromatic rings. The van der Waals surface area contributed by atoms with E-state index in [9.17, 15) is 9.36 Å². The second-order valence-electron chi connectivity index (χ2n) is 6.61. The fourth-order valence-corrected chi connectivity index (χ4v) is 6.73. The molecule has 0 saturated heterocycles. The topological polar surface area (TPSA) is 43.4 Å². The van der Waals surface area contributed by atoms with Crippen LogP contribution >= 0.6 is 23.1 Å². The van der Waals surface area contributed by atoms with Gasteiger partial charge in [0.05, 0.1) is 18.1 Å². The second-order valence-corrected chi connectivity index (χ2v) is 10.4. The van der Waals surface area contributed by atoms with Gasteiger partial charge < -0.3 is 9.30 Å². The SMILES string of the molecule is O=C1c2cc(Br)ccc2OC[C@H]1CP(=O)(c1ccccc1)c1ccccc1. The number of hydrogen-bond acceptors (Lipinski definition) is 3. The predicted molar refractivity (Wildman–Crippen MR) is 112 cm³/mol. The molecule has 3 nitrogen and oxygen atoms in total. The van der Waals surface area contributed by atoms with Gasteiger partial charge in [0.25, 0.3) is 0 Å². The largest absolute Gasteiger partial charge is 0.492 e. The Hall–Kier alpha value is -2.16. The van der Waals surface area contributed by atoms with Crippen molar-refractivity contribution in [3.63, 3.8) is 0 Å². The smallest absolute Gasteiger partial charge is 0.173 e. The van der Waals surface area contributed by atoms with Gasteiger partial charge in [-0.15, -0.1) is 0 Å². The Morgan fingerprint density at radius 3 is 2.11 bits per heavy atom. The number of fused-ring (bicyclic) bond motifs is 1. The number of ether oxygens (including phenoxy) is 1. The van der Waals surface area contributed by atoms with Crippen molar-refractivity contribution in [1.82, 2.24) is 0 Å². The number of hydrogen-bond donors (Lipinski definition) is 0. The molecule has 0 fully saturated rings. The molecule has 0 spiro atoms. The Bertz CT molecular complexity index is 975. The van der Waals surface area contributed by atoms with E-state index in [0.717, 1.165) is 15.1 Å². The molecule has 1 aliphatic heterocycles. The first-order chi connectivity index (χ1) is 13.1. The molecule has 0 aromatic heterocycles. The van der Waals surface area contributed by atoms with Crippen molar-refractivity contribution >= 4 is 39.5 Å². The first-order valence-electron chi connectivity index (χ1n) is 8.75. The molecule has 1 heterocycles. The fourth-order valence-electron chi connectivity index (χ4n) is 3.45. The van der Waals surface area contributed by atoms with Crippen LogP contribution in [-0.4, -0.2) is 18.6 Å². The summed E-state index contributed by atoms with van der Waals surface area (Å²) in [6.07, 6.45) is 0.256. The van der Waals surface area contributed by atoms with E-state index in [4.69, 9.17) is 4.74 Å². The molecule has 4 rings (SSSR count). The quantitative estimate of drug-likeness (QED) is 0.554. The van der Waals surface area contributed by atoms with E-state index in [-0.39, 0.29) is 18.6 Å². The summed E-state index contributed by atoms with van der Waals surface area (Å²) in [5.41, 5.74) is 0.549. The van der Waals surface area contributed by atoms with Crippen LogP contribution in [-0.2, 0) is 4.57 Å². The van der Waals surface area contributed by atoms with Gasteiger partial charge in [0.2, 0.25) is 0 Å². The number of benzene rings is 3. The van der Waals surface area contributed by atoms with Gasteiger partial charge >= 0.3 is 0 Å². The van der Waals surface area contributed by atoms with Gasteiger partial charge in [-0.3, -0.25) is 4.79 Å². The van der Waals surface area contributed by atoms with Gasteiger partial charge in [-0.25, -0.2) is 0 Å². The van der Waals surface area contributed by atoms with Gasteiger partial charge in [0.15, 0.2) is 5.78 Å².